The number of anilines is 1. The number of halogens is 3. The van der Waals surface area contributed by atoms with Crippen LogP contribution in [0.4, 0.5) is 5.69 Å². The van der Waals surface area contributed by atoms with Crippen molar-refractivity contribution in [1.82, 2.24) is 10.4 Å². The summed E-state index contributed by atoms with van der Waals surface area (Å²) in [7, 11) is 0. The lowest BCUT2D eigenvalue weighted by molar-refractivity contribution is -0.120. The van der Waals surface area contributed by atoms with E-state index in [0.29, 0.717) is 38.8 Å². The fourth-order valence-electron chi connectivity index (χ4n) is 2.24. The largest absolute Gasteiger partial charge is 0.441 e. The molecule has 0 aliphatic carbocycles. The van der Waals surface area contributed by atoms with E-state index in [4.69, 9.17) is 39.2 Å². The first-order valence-electron chi connectivity index (χ1n) is 7.72. The second-order valence-electron chi connectivity index (χ2n) is 5.40. The van der Waals surface area contributed by atoms with Crippen LogP contribution in [-0.4, -0.2) is 10.9 Å². The van der Waals surface area contributed by atoms with Gasteiger partial charge in [0.25, 0.3) is 0 Å². The van der Waals surface area contributed by atoms with Crippen molar-refractivity contribution in [2.75, 3.05) is 5.43 Å². The van der Waals surface area contributed by atoms with Crippen LogP contribution >= 0.6 is 34.8 Å². The zero-order valence-electron chi connectivity index (χ0n) is 13.4. The van der Waals surface area contributed by atoms with Crippen molar-refractivity contribution in [2.24, 2.45) is 0 Å². The minimum atomic E-state index is -0.258. The highest BCUT2D eigenvalue weighted by Gasteiger charge is 2.11. The lowest BCUT2D eigenvalue weighted by Gasteiger charge is -2.11. The molecule has 3 rings (SSSR count). The van der Waals surface area contributed by atoms with Crippen molar-refractivity contribution in [3.8, 4) is 11.3 Å². The Morgan fingerprint density at radius 1 is 1.08 bits per heavy atom. The Labute approximate surface area is 165 Å². The van der Waals surface area contributed by atoms with E-state index < -0.39 is 0 Å². The first-order valence-corrected chi connectivity index (χ1v) is 8.86. The Morgan fingerprint density at radius 3 is 2.46 bits per heavy atom. The average molecular weight is 411 g/mol. The number of carbonyl (C=O) groups is 1. The number of nitrogens with one attached hydrogen (secondary N) is 2. The van der Waals surface area contributed by atoms with Gasteiger partial charge in [0, 0.05) is 23.4 Å². The molecule has 5 nitrogen and oxygen atoms in total. The third kappa shape index (κ3) is 4.69. The lowest BCUT2D eigenvalue weighted by atomic mass is 10.2. The molecule has 0 saturated heterocycles. The standard InChI is InChI=1S/C18H14Cl3N3O2/c19-12-8-13(20)18(14(21)9-12)24-23-16(25)6-7-17-22-10-15(26-17)11-4-2-1-3-5-11/h1-5,8-10,24H,6-7H2,(H,23,25). The van der Waals surface area contributed by atoms with Crippen LogP contribution in [0.25, 0.3) is 11.3 Å². The molecule has 0 fully saturated rings. The molecule has 3 aromatic rings. The molecule has 0 unspecified atom stereocenters. The Morgan fingerprint density at radius 2 is 1.77 bits per heavy atom. The molecule has 0 radical (unpaired) electrons. The molecule has 0 atom stereocenters. The van der Waals surface area contributed by atoms with Gasteiger partial charge in [-0.1, -0.05) is 65.1 Å². The smallest absolute Gasteiger partial charge is 0.238 e. The van der Waals surface area contributed by atoms with Gasteiger partial charge in [0.05, 0.1) is 21.9 Å². The monoisotopic (exact) mass is 409 g/mol. The van der Waals surface area contributed by atoms with E-state index in [1.807, 2.05) is 30.3 Å². The molecule has 134 valence electrons. The van der Waals surface area contributed by atoms with Crippen molar-refractivity contribution < 1.29 is 9.21 Å². The number of rotatable bonds is 6. The molecule has 0 saturated carbocycles. The van der Waals surface area contributed by atoms with Gasteiger partial charge in [0.2, 0.25) is 5.91 Å². The maximum absolute atomic E-state index is 12.0. The lowest BCUT2D eigenvalue weighted by Crippen LogP contribution is -2.29. The first kappa shape index (κ1) is 18.6. The molecule has 1 aromatic heterocycles. The zero-order valence-corrected chi connectivity index (χ0v) is 15.7. The molecular formula is C18H14Cl3N3O2. The van der Waals surface area contributed by atoms with Gasteiger partial charge in [-0.05, 0) is 12.1 Å². The van der Waals surface area contributed by atoms with Gasteiger partial charge in [0.1, 0.15) is 0 Å². The van der Waals surface area contributed by atoms with E-state index in [0.717, 1.165) is 5.56 Å². The summed E-state index contributed by atoms with van der Waals surface area (Å²) in [6.07, 6.45) is 2.20. The van der Waals surface area contributed by atoms with Gasteiger partial charge < -0.3 is 4.42 Å². The maximum Gasteiger partial charge on any atom is 0.238 e. The molecule has 2 aromatic carbocycles. The molecule has 1 heterocycles. The van der Waals surface area contributed by atoms with Crippen LogP contribution in [0.5, 0.6) is 0 Å². The molecule has 0 aliphatic heterocycles. The Balaban J connectivity index is 1.53. The predicted octanol–water partition coefficient (Wildman–Crippen LogP) is 5.38. The Hall–Kier alpha value is -2.21. The van der Waals surface area contributed by atoms with Gasteiger partial charge in [-0.3, -0.25) is 15.6 Å². The normalized spacial score (nSPS) is 10.6. The third-order valence-electron chi connectivity index (χ3n) is 3.51. The maximum atomic E-state index is 12.0. The van der Waals surface area contributed by atoms with Crippen LogP contribution in [0.3, 0.4) is 0 Å². The number of aromatic nitrogens is 1. The highest BCUT2D eigenvalue weighted by atomic mass is 35.5. The number of amides is 1. The van der Waals surface area contributed by atoms with Crippen LogP contribution in [0.1, 0.15) is 12.3 Å². The second kappa shape index (κ2) is 8.45. The van der Waals surface area contributed by atoms with Crippen molar-refractivity contribution in [2.45, 2.75) is 12.8 Å². The summed E-state index contributed by atoms with van der Waals surface area (Å²) < 4.78 is 5.67. The van der Waals surface area contributed by atoms with Crippen molar-refractivity contribution in [3.05, 3.63) is 69.6 Å². The number of aryl methyl sites for hydroxylation is 1. The Bertz CT molecular complexity index is 890. The zero-order chi connectivity index (χ0) is 18.5. The van der Waals surface area contributed by atoms with Crippen LogP contribution in [0, 0.1) is 0 Å². The third-order valence-corrected chi connectivity index (χ3v) is 4.33. The summed E-state index contributed by atoms with van der Waals surface area (Å²) >= 11 is 17.9. The van der Waals surface area contributed by atoms with Gasteiger partial charge in [0.15, 0.2) is 11.7 Å². The van der Waals surface area contributed by atoms with Crippen molar-refractivity contribution in [3.63, 3.8) is 0 Å². The SMILES string of the molecule is O=C(CCc1ncc(-c2ccccc2)o1)NNc1c(Cl)cc(Cl)cc1Cl. The second-order valence-corrected chi connectivity index (χ2v) is 6.65. The number of hydrogen-bond acceptors (Lipinski definition) is 4. The first-order chi connectivity index (χ1) is 12.5. The predicted molar refractivity (Wildman–Crippen MR) is 103 cm³/mol. The molecule has 2 N–H and O–H groups in total. The quantitative estimate of drug-likeness (QED) is 0.536. The molecule has 0 aliphatic rings. The molecule has 0 spiro atoms. The van der Waals surface area contributed by atoms with Gasteiger partial charge in [-0.15, -0.1) is 0 Å². The van der Waals surface area contributed by atoms with E-state index in [1.165, 1.54) is 12.1 Å². The summed E-state index contributed by atoms with van der Waals surface area (Å²) in [5.74, 6) is 0.895. The highest BCUT2D eigenvalue weighted by Crippen LogP contribution is 2.33. The Kier molecular flexibility index (Phi) is 6.04. The number of hydrogen-bond donors (Lipinski definition) is 2. The van der Waals surface area contributed by atoms with E-state index in [-0.39, 0.29) is 12.3 Å². The fraction of sp³-hybridized carbons (Fsp3) is 0.111. The van der Waals surface area contributed by atoms with E-state index in [1.54, 1.807) is 6.20 Å². The number of benzene rings is 2. The van der Waals surface area contributed by atoms with Gasteiger partial charge >= 0.3 is 0 Å². The average Bonchev–Trinajstić information content (AvgIpc) is 3.09. The molecular weight excluding hydrogens is 397 g/mol. The number of hydrazine groups is 1. The molecule has 26 heavy (non-hydrogen) atoms. The van der Waals surface area contributed by atoms with Crippen LogP contribution in [0.15, 0.2) is 53.1 Å². The number of nitrogens with zero attached hydrogens (tertiary/aromatic N) is 1. The summed E-state index contributed by atoms with van der Waals surface area (Å²) in [6.45, 7) is 0. The summed E-state index contributed by atoms with van der Waals surface area (Å²) in [4.78, 5) is 16.2. The van der Waals surface area contributed by atoms with Gasteiger partial charge in [-0.25, -0.2) is 4.98 Å². The molecule has 0 bridgehead atoms. The molecule has 8 heteroatoms. The summed E-state index contributed by atoms with van der Waals surface area (Å²) in [5, 5.41) is 1.03. The van der Waals surface area contributed by atoms with Crippen molar-refractivity contribution >= 4 is 46.4 Å². The van der Waals surface area contributed by atoms with E-state index in [2.05, 4.69) is 15.8 Å². The molecule has 1 amide bonds. The summed E-state index contributed by atoms with van der Waals surface area (Å²) in [6, 6.07) is 12.7. The van der Waals surface area contributed by atoms with Crippen LogP contribution in [0.2, 0.25) is 15.1 Å². The topological polar surface area (TPSA) is 67.2 Å². The van der Waals surface area contributed by atoms with Crippen molar-refractivity contribution in [1.29, 1.82) is 0 Å². The minimum absolute atomic E-state index is 0.185. The van der Waals surface area contributed by atoms with Crippen LogP contribution in [-0.2, 0) is 11.2 Å². The van der Waals surface area contributed by atoms with E-state index >= 15 is 0 Å². The highest BCUT2D eigenvalue weighted by molar-refractivity contribution is 6.41. The minimum Gasteiger partial charge on any atom is -0.441 e. The number of carbonyl (C=O) groups excluding carboxylic acids is 1. The van der Waals surface area contributed by atoms with Gasteiger partial charge in [-0.2, -0.15) is 0 Å². The summed E-state index contributed by atoms with van der Waals surface area (Å²) in [5.41, 5.74) is 6.56. The number of oxazole rings is 1. The van der Waals surface area contributed by atoms with E-state index in [9.17, 15) is 4.79 Å². The van der Waals surface area contributed by atoms with Crippen LogP contribution < -0.4 is 10.9 Å². The fourth-order valence-corrected chi connectivity index (χ4v) is 3.15.